The molecule has 0 aliphatic carbocycles. The number of benzene rings is 1. The molecule has 0 atom stereocenters. The van der Waals surface area contributed by atoms with E-state index < -0.39 is 17.7 Å². The Bertz CT molecular complexity index is 659. The van der Waals surface area contributed by atoms with Gasteiger partial charge in [0.05, 0.1) is 10.2 Å². The van der Waals surface area contributed by atoms with Crippen molar-refractivity contribution in [3.05, 3.63) is 31.3 Å². The molecule has 1 aromatic carbocycles. The van der Waals surface area contributed by atoms with Crippen molar-refractivity contribution in [2.45, 2.75) is 33.0 Å². The molecule has 0 N–H and O–H groups in total. The monoisotopic (exact) mass is 494 g/mol. The van der Waals surface area contributed by atoms with E-state index in [4.69, 9.17) is 14.2 Å². The Morgan fingerprint density at radius 1 is 1.26 bits per heavy atom. The summed E-state index contributed by atoms with van der Waals surface area (Å²) in [5, 5.41) is 0. The summed E-state index contributed by atoms with van der Waals surface area (Å²) in [7, 11) is 0. The van der Waals surface area contributed by atoms with Gasteiger partial charge in [-0.25, -0.2) is 9.59 Å². The predicted octanol–water partition coefficient (Wildman–Crippen LogP) is 4.06. The maximum absolute atomic E-state index is 12.1. The molecule has 0 spiro atoms. The Morgan fingerprint density at radius 2 is 1.87 bits per heavy atom. The molecule has 0 unspecified atom stereocenters. The van der Waals surface area contributed by atoms with E-state index in [1.165, 1.54) is 19.9 Å². The van der Waals surface area contributed by atoms with Crippen molar-refractivity contribution < 1.29 is 23.8 Å². The second-order valence-corrected chi connectivity index (χ2v) is 7.47. The zero-order valence-electron chi connectivity index (χ0n) is 12.9. The zero-order valence-corrected chi connectivity index (χ0v) is 16.7. The first kappa shape index (κ1) is 18.3. The van der Waals surface area contributed by atoms with E-state index in [1.807, 2.05) is 13.0 Å². The number of hydrogen-bond donors (Lipinski definition) is 0. The number of halogens is 2. The van der Waals surface area contributed by atoms with E-state index in [0.29, 0.717) is 17.9 Å². The van der Waals surface area contributed by atoms with Gasteiger partial charge < -0.3 is 14.2 Å². The van der Waals surface area contributed by atoms with Gasteiger partial charge in [0.15, 0.2) is 0 Å². The lowest BCUT2D eigenvalue weighted by atomic mass is 10.1. The maximum Gasteiger partial charge on any atom is 0.348 e. The number of esters is 2. The van der Waals surface area contributed by atoms with Crippen LogP contribution >= 0.6 is 38.5 Å². The van der Waals surface area contributed by atoms with Gasteiger partial charge in [-0.05, 0) is 47.2 Å². The highest BCUT2D eigenvalue weighted by Crippen LogP contribution is 2.33. The molecule has 0 radical (unpaired) electrons. The van der Waals surface area contributed by atoms with Crippen LogP contribution in [0.5, 0.6) is 5.75 Å². The number of hydrogen-bond acceptors (Lipinski definition) is 5. The standard InChI is InChI=1S/C16H16BrIO5/c1-4-5-21-13-9(6-10(17)8-12(13)18)7-11-14(19)22-16(2,3)23-15(11)20/h6-8H,4-5H2,1-3H3. The highest BCUT2D eigenvalue weighted by atomic mass is 127. The average Bonchev–Trinajstić information content (AvgIpc) is 2.40. The molecule has 5 nitrogen and oxygen atoms in total. The first-order valence-electron chi connectivity index (χ1n) is 7.03. The SMILES string of the molecule is CCCOc1c(I)cc(Br)cc1C=C1C(=O)OC(C)(C)OC1=O. The van der Waals surface area contributed by atoms with Crippen LogP contribution in [0.4, 0.5) is 0 Å². The fourth-order valence-electron chi connectivity index (χ4n) is 1.98. The molecule has 23 heavy (non-hydrogen) atoms. The van der Waals surface area contributed by atoms with Crippen molar-refractivity contribution in [1.29, 1.82) is 0 Å². The van der Waals surface area contributed by atoms with Crippen molar-refractivity contribution in [3.8, 4) is 5.75 Å². The number of carbonyl (C=O) groups is 2. The van der Waals surface area contributed by atoms with Crippen molar-refractivity contribution in [1.82, 2.24) is 0 Å². The minimum atomic E-state index is -1.25. The molecule has 1 heterocycles. The largest absolute Gasteiger partial charge is 0.492 e. The number of rotatable bonds is 4. The van der Waals surface area contributed by atoms with Gasteiger partial charge in [-0.3, -0.25) is 0 Å². The lowest BCUT2D eigenvalue weighted by Crippen LogP contribution is -2.41. The van der Waals surface area contributed by atoms with Gasteiger partial charge in [-0.15, -0.1) is 0 Å². The number of carbonyl (C=O) groups excluding carboxylic acids is 2. The summed E-state index contributed by atoms with van der Waals surface area (Å²) in [5.41, 5.74) is 0.459. The summed E-state index contributed by atoms with van der Waals surface area (Å²) in [6, 6.07) is 3.68. The first-order valence-corrected chi connectivity index (χ1v) is 8.91. The predicted molar refractivity (Wildman–Crippen MR) is 96.9 cm³/mol. The third-order valence-corrected chi connectivity index (χ3v) is 4.16. The highest BCUT2D eigenvalue weighted by Gasteiger charge is 2.39. The summed E-state index contributed by atoms with van der Waals surface area (Å²) in [6.07, 6.45) is 2.29. The molecule has 2 rings (SSSR count). The molecular formula is C16H16BrIO5. The third kappa shape index (κ3) is 4.47. The zero-order chi connectivity index (χ0) is 17.2. The van der Waals surface area contributed by atoms with E-state index in [0.717, 1.165) is 14.5 Å². The molecule has 7 heteroatoms. The summed E-state index contributed by atoms with van der Waals surface area (Å²) >= 11 is 5.55. The van der Waals surface area contributed by atoms with Crippen molar-refractivity contribution in [2.24, 2.45) is 0 Å². The van der Waals surface area contributed by atoms with Crippen LogP contribution in [0, 0.1) is 3.57 Å². The lowest BCUT2D eigenvalue weighted by Gasteiger charge is -2.29. The molecule has 1 fully saturated rings. The van der Waals surface area contributed by atoms with Gasteiger partial charge in [0, 0.05) is 23.9 Å². The van der Waals surface area contributed by atoms with Crippen LogP contribution in [-0.2, 0) is 19.1 Å². The second-order valence-electron chi connectivity index (χ2n) is 5.39. The maximum atomic E-state index is 12.1. The molecule has 124 valence electrons. The van der Waals surface area contributed by atoms with Gasteiger partial charge >= 0.3 is 11.9 Å². The van der Waals surface area contributed by atoms with Crippen LogP contribution in [0.1, 0.15) is 32.8 Å². The average molecular weight is 495 g/mol. The normalized spacial score (nSPS) is 16.7. The van der Waals surface area contributed by atoms with Crippen LogP contribution < -0.4 is 4.74 Å². The van der Waals surface area contributed by atoms with Crippen molar-refractivity contribution in [2.75, 3.05) is 6.61 Å². The number of ether oxygens (including phenoxy) is 3. The molecule has 1 aromatic rings. The Balaban J connectivity index is 2.45. The number of cyclic esters (lactones) is 2. The van der Waals surface area contributed by atoms with Gasteiger partial charge in [0.25, 0.3) is 5.79 Å². The van der Waals surface area contributed by atoms with Crippen molar-refractivity contribution in [3.63, 3.8) is 0 Å². The smallest absolute Gasteiger partial charge is 0.348 e. The first-order chi connectivity index (χ1) is 10.7. The Hall–Kier alpha value is -1.09. The van der Waals surface area contributed by atoms with Gasteiger partial charge in [-0.2, -0.15) is 0 Å². The fourth-order valence-corrected chi connectivity index (χ4v) is 3.68. The van der Waals surface area contributed by atoms with Crippen LogP contribution in [0.15, 0.2) is 22.2 Å². The van der Waals surface area contributed by atoms with Gasteiger partial charge in [-0.1, -0.05) is 22.9 Å². The third-order valence-electron chi connectivity index (χ3n) is 2.90. The molecule has 0 aromatic heterocycles. The van der Waals surface area contributed by atoms with E-state index in [-0.39, 0.29) is 5.57 Å². The summed E-state index contributed by atoms with van der Waals surface area (Å²) < 4.78 is 17.6. The minimum absolute atomic E-state index is 0.153. The van der Waals surface area contributed by atoms with E-state index in [1.54, 1.807) is 6.07 Å². The Labute approximate surface area is 156 Å². The molecule has 0 saturated carbocycles. The van der Waals surface area contributed by atoms with E-state index in [9.17, 15) is 9.59 Å². The molecular weight excluding hydrogens is 479 g/mol. The molecule has 0 bridgehead atoms. The summed E-state index contributed by atoms with van der Waals surface area (Å²) in [4.78, 5) is 24.1. The molecule has 0 amide bonds. The van der Waals surface area contributed by atoms with Crippen LogP contribution in [0.2, 0.25) is 0 Å². The van der Waals surface area contributed by atoms with Gasteiger partial charge in [0.2, 0.25) is 0 Å². The Morgan fingerprint density at radius 3 is 2.43 bits per heavy atom. The van der Waals surface area contributed by atoms with Crippen molar-refractivity contribution >= 4 is 56.5 Å². The topological polar surface area (TPSA) is 61.8 Å². The van der Waals surface area contributed by atoms with Gasteiger partial charge in [0.1, 0.15) is 11.3 Å². The summed E-state index contributed by atoms with van der Waals surface area (Å²) in [6.45, 7) is 5.56. The Kier molecular flexibility index (Phi) is 5.72. The van der Waals surface area contributed by atoms with Crippen LogP contribution in [0.3, 0.4) is 0 Å². The quantitative estimate of drug-likeness (QED) is 0.273. The second kappa shape index (κ2) is 7.21. The summed E-state index contributed by atoms with van der Waals surface area (Å²) in [5.74, 6) is -2.04. The van der Waals surface area contributed by atoms with E-state index in [2.05, 4.69) is 38.5 Å². The molecule has 1 saturated heterocycles. The highest BCUT2D eigenvalue weighted by molar-refractivity contribution is 14.1. The minimum Gasteiger partial charge on any atom is -0.492 e. The lowest BCUT2D eigenvalue weighted by molar-refractivity contribution is -0.222. The molecule has 1 aliphatic heterocycles. The van der Waals surface area contributed by atoms with Crippen LogP contribution in [0.25, 0.3) is 6.08 Å². The molecule has 1 aliphatic rings. The van der Waals surface area contributed by atoms with Crippen LogP contribution in [-0.4, -0.2) is 24.3 Å². The fraction of sp³-hybridized carbons (Fsp3) is 0.375. The van der Waals surface area contributed by atoms with E-state index >= 15 is 0 Å².